The number of carbonyl (C=O) groups is 2. The quantitative estimate of drug-likeness (QED) is 0.761. The summed E-state index contributed by atoms with van der Waals surface area (Å²) in [6, 6.07) is 10.6. The van der Waals surface area contributed by atoms with Crippen LogP contribution in [0, 0.1) is 5.92 Å². The third kappa shape index (κ3) is 4.63. The van der Waals surface area contributed by atoms with Crippen LogP contribution in [0.15, 0.2) is 55.3 Å². The molecule has 2 heterocycles. The highest BCUT2D eigenvalue weighted by atomic mass is 16.5. The van der Waals surface area contributed by atoms with Crippen LogP contribution < -0.4 is 14.8 Å². The Morgan fingerprint density at radius 3 is 2.89 bits per heavy atom. The zero-order valence-electron chi connectivity index (χ0n) is 15.1. The number of hydrogen-bond acceptors (Lipinski definition) is 5. The summed E-state index contributed by atoms with van der Waals surface area (Å²) >= 11 is 0. The molecule has 0 saturated carbocycles. The molecule has 2 amide bonds. The molecule has 1 saturated heterocycles. The topological polar surface area (TPSA) is 80.8 Å². The van der Waals surface area contributed by atoms with Crippen molar-refractivity contribution < 1.29 is 19.1 Å². The SMILES string of the molecule is C=CCN1CC(C(=O)Nc2ccc(Oc3cccc(OC)c3)nc2)CC1=O. The molecule has 7 heteroatoms. The average Bonchev–Trinajstić information content (AvgIpc) is 3.05. The third-order valence-corrected chi connectivity index (χ3v) is 4.20. The zero-order chi connectivity index (χ0) is 19.2. The second-order valence-electron chi connectivity index (χ2n) is 6.14. The average molecular weight is 367 g/mol. The Balaban J connectivity index is 1.58. The minimum absolute atomic E-state index is 0.0322. The Hall–Kier alpha value is -3.35. The fourth-order valence-electron chi connectivity index (χ4n) is 2.82. The van der Waals surface area contributed by atoms with Crippen LogP contribution in [0.1, 0.15) is 6.42 Å². The zero-order valence-corrected chi connectivity index (χ0v) is 15.1. The minimum atomic E-state index is -0.370. The molecule has 1 atom stereocenters. The van der Waals surface area contributed by atoms with Crippen LogP contribution in [0.5, 0.6) is 17.4 Å². The number of pyridine rings is 1. The van der Waals surface area contributed by atoms with Crippen molar-refractivity contribution in [1.82, 2.24) is 9.88 Å². The predicted octanol–water partition coefficient (Wildman–Crippen LogP) is 2.86. The largest absolute Gasteiger partial charge is 0.497 e. The molecule has 140 valence electrons. The van der Waals surface area contributed by atoms with Crippen molar-refractivity contribution in [2.75, 3.05) is 25.5 Å². The molecule has 3 rings (SSSR count). The van der Waals surface area contributed by atoms with E-state index in [9.17, 15) is 9.59 Å². The van der Waals surface area contributed by atoms with Gasteiger partial charge in [0, 0.05) is 31.6 Å². The predicted molar refractivity (Wildman–Crippen MR) is 101 cm³/mol. The number of benzene rings is 1. The maximum atomic E-state index is 12.4. The van der Waals surface area contributed by atoms with Crippen LogP contribution in [-0.4, -0.2) is 41.9 Å². The number of nitrogens with zero attached hydrogens (tertiary/aromatic N) is 2. The van der Waals surface area contributed by atoms with E-state index in [4.69, 9.17) is 9.47 Å². The molecule has 1 N–H and O–H groups in total. The van der Waals surface area contributed by atoms with Crippen molar-refractivity contribution in [2.24, 2.45) is 5.92 Å². The van der Waals surface area contributed by atoms with Crippen molar-refractivity contribution in [1.29, 1.82) is 0 Å². The number of anilines is 1. The molecule has 0 spiro atoms. The molecule has 27 heavy (non-hydrogen) atoms. The van der Waals surface area contributed by atoms with E-state index in [2.05, 4.69) is 16.9 Å². The maximum Gasteiger partial charge on any atom is 0.229 e. The number of rotatable bonds is 7. The van der Waals surface area contributed by atoms with Gasteiger partial charge in [0.2, 0.25) is 17.7 Å². The second-order valence-corrected chi connectivity index (χ2v) is 6.14. The Morgan fingerprint density at radius 1 is 1.37 bits per heavy atom. The highest BCUT2D eigenvalue weighted by Crippen LogP contribution is 2.25. The van der Waals surface area contributed by atoms with Crippen LogP contribution in [-0.2, 0) is 9.59 Å². The Morgan fingerprint density at radius 2 is 2.19 bits per heavy atom. The van der Waals surface area contributed by atoms with E-state index in [-0.39, 0.29) is 24.2 Å². The number of hydrogen-bond donors (Lipinski definition) is 1. The summed E-state index contributed by atoms with van der Waals surface area (Å²) < 4.78 is 10.8. The molecule has 2 aromatic rings. The van der Waals surface area contributed by atoms with Crippen LogP contribution in [0.2, 0.25) is 0 Å². The first-order chi connectivity index (χ1) is 13.1. The van der Waals surface area contributed by atoms with E-state index >= 15 is 0 Å². The summed E-state index contributed by atoms with van der Waals surface area (Å²) in [6.45, 7) is 4.49. The van der Waals surface area contributed by atoms with E-state index in [1.165, 1.54) is 6.20 Å². The lowest BCUT2D eigenvalue weighted by molar-refractivity contribution is -0.127. The molecule has 0 aliphatic carbocycles. The Bertz CT molecular complexity index is 835. The highest BCUT2D eigenvalue weighted by molar-refractivity contribution is 5.97. The number of aromatic nitrogens is 1. The van der Waals surface area contributed by atoms with Gasteiger partial charge in [0.05, 0.1) is 24.9 Å². The number of ether oxygens (including phenoxy) is 2. The first kappa shape index (κ1) is 18.4. The Labute approximate surface area is 157 Å². The molecule has 7 nitrogen and oxygen atoms in total. The molecule has 0 bridgehead atoms. The second kappa shape index (κ2) is 8.35. The minimum Gasteiger partial charge on any atom is -0.497 e. The molecular weight excluding hydrogens is 346 g/mol. The van der Waals surface area contributed by atoms with Gasteiger partial charge in [-0.1, -0.05) is 12.1 Å². The van der Waals surface area contributed by atoms with Gasteiger partial charge in [-0.2, -0.15) is 0 Å². The molecule has 1 aromatic heterocycles. The number of nitrogens with one attached hydrogen (secondary N) is 1. The number of amides is 2. The lowest BCUT2D eigenvalue weighted by atomic mass is 10.1. The molecule has 1 fully saturated rings. The number of carbonyl (C=O) groups excluding carboxylic acids is 2. The van der Waals surface area contributed by atoms with Crippen LogP contribution in [0.25, 0.3) is 0 Å². The molecule has 1 unspecified atom stereocenters. The van der Waals surface area contributed by atoms with Gasteiger partial charge in [0.15, 0.2) is 0 Å². The normalized spacial score (nSPS) is 16.1. The van der Waals surface area contributed by atoms with E-state index in [0.29, 0.717) is 36.2 Å². The summed E-state index contributed by atoms with van der Waals surface area (Å²) in [7, 11) is 1.59. The van der Waals surface area contributed by atoms with Gasteiger partial charge in [0.25, 0.3) is 0 Å². The van der Waals surface area contributed by atoms with Crippen LogP contribution in [0.4, 0.5) is 5.69 Å². The fraction of sp³-hybridized carbons (Fsp3) is 0.250. The molecule has 1 aromatic carbocycles. The van der Waals surface area contributed by atoms with Crippen molar-refractivity contribution in [3.05, 3.63) is 55.3 Å². The van der Waals surface area contributed by atoms with Crippen LogP contribution >= 0.6 is 0 Å². The van der Waals surface area contributed by atoms with Gasteiger partial charge in [0.1, 0.15) is 11.5 Å². The molecular formula is C20H21N3O4. The van der Waals surface area contributed by atoms with Crippen molar-refractivity contribution in [2.45, 2.75) is 6.42 Å². The fourth-order valence-corrected chi connectivity index (χ4v) is 2.82. The summed E-state index contributed by atoms with van der Waals surface area (Å²) in [5.74, 6) is 1.09. The molecule has 1 aliphatic heterocycles. The third-order valence-electron chi connectivity index (χ3n) is 4.20. The summed E-state index contributed by atoms with van der Waals surface area (Å²) in [5.41, 5.74) is 0.549. The number of methoxy groups -OCH3 is 1. The van der Waals surface area contributed by atoms with Crippen molar-refractivity contribution in [3.63, 3.8) is 0 Å². The summed E-state index contributed by atoms with van der Waals surface area (Å²) in [5, 5.41) is 2.79. The van der Waals surface area contributed by atoms with Crippen LogP contribution in [0.3, 0.4) is 0 Å². The lowest BCUT2D eigenvalue weighted by Crippen LogP contribution is -2.28. The van der Waals surface area contributed by atoms with Gasteiger partial charge in [-0.25, -0.2) is 4.98 Å². The van der Waals surface area contributed by atoms with Gasteiger partial charge >= 0.3 is 0 Å². The van der Waals surface area contributed by atoms with E-state index in [1.807, 2.05) is 12.1 Å². The van der Waals surface area contributed by atoms with E-state index in [0.717, 1.165) is 0 Å². The van der Waals surface area contributed by atoms with Gasteiger partial charge in [-0.05, 0) is 18.2 Å². The molecule has 1 aliphatic rings. The number of likely N-dealkylation sites (tertiary alicyclic amines) is 1. The standard InChI is InChI=1S/C20H21N3O4/c1-3-9-23-13-14(10-19(23)24)20(25)22-15-7-8-18(21-12-15)27-17-6-4-5-16(11-17)26-2/h3-8,11-12,14H,1,9-10,13H2,2H3,(H,22,25). The van der Waals surface area contributed by atoms with Gasteiger partial charge < -0.3 is 19.7 Å². The highest BCUT2D eigenvalue weighted by Gasteiger charge is 2.33. The van der Waals surface area contributed by atoms with E-state index < -0.39 is 0 Å². The monoisotopic (exact) mass is 367 g/mol. The van der Waals surface area contributed by atoms with E-state index in [1.54, 1.807) is 42.4 Å². The lowest BCUT2D eigenvalue weighted by Gasteiger charge is -2.14. The summed E-state index contributed by atoms with van der Waals surface area (Å²) in [4.78, 5) is 30.0. The molecule has 0 radical (unpaired) electrons. The maximum absolute atomic E-state index is 12.4. The summed E-state index contributed by atoms with van der Waals surface area (Å²) in [6.07, 6.45) is 3.39. The first-order valence-electron chi connectivity index (χ1n) is 8.56. The van der Waals surface area contributed by atoms with Crippen molar-refractivity contribution in [3.8, 4) is 17.4 Å². The first-order valence-corrected chi connectivity index (χ1v) is 8.56. The van der Waals surface area contributed by atoms with Gasteiger partial charge in [-0.3, -0.25) is 9.59 Å². The Kier molecular flexibility index (Phi) is 5.71. The van der Waals surface area contributed by atoms with Gasteiger partial charge in [-0.15, -0.1) is 6.58 Å². The van der Waals surface area contributed by atoms with Crippen molar-refractivity contribution >= 4 is 17.5 Å². The smallest absolute Gasteiger partial charge is 0.229 e.